The summed E-state index contributed by atoms with van der Waals surface area (Å²) in [5, 5.41) is 2.76. The van der Waals surface area contributed by atoms with Crippen LogP contribution in [0.5, 0.6) is 0 Å². The van der Waals surface area contributed by atoms with Gasteiger partial charge in [0.15, 0.2) is 0 Å². The largest absolute Gasteiger partial charge is 0.352 e. The average molecular weight is 263 g/mol. The van der Waals surface area contributed by atoms with Crippen LogP contribution in [0.2, 0.25) is 0 Å². The Labute approximate surface area is 114 Å². The Morgan fingerprint density at radius 3 is 2.61 bits per heavy atom. The van der Waals surface area contributed by atoms with Crippen LogP contribution in [0.4, 0.5) is 0 Å². The molecule has 0 fully saturated rings. The molecule has 18 heavy (non-hydrogen) atoms. The van der Waals surface area contributed by atoms with E-state index in [-0.39, 0.29) is 5.91 Å². The van der Waals surface area contributed by atoms with Crippen molar-refractivity contribution in [1.82, 2.24) is 5.32 Å². The molecule has 0 unspecified atom stereocenters. The molecule has 0 saturated carbocycles. The molecule has 0 aliphatic heterocycles. The predicted molar refractivity (Wildman–Crippen MR) is 79.9 cm³/mol. The summed E-state index contributed by atoms with van der Waals surface area (Å²) in [6.07, 6.45) is 1.69. The van der Waals surface area contributed by atoms with Crippen molar-refractivity contribution in [2.45, 2.75) is 25.5 Å². The van der Waals surface area contributed by atoms with Crippen LogP contribution >= 0.6 is 11.8 Å². The van der Waals surface area contributed by atoms with Crippen LogP contribution in [-0.4, -0.2) is 18.2 Å². The van der Waals surface area contributed by atoms with Gasteiger partial charge in [0.1, 0.15) is 0 Å². The van der Waals surface area contributed by atoms with Gasteiger partial charge in [0.2, 0.25) is 5.91 Å². The van der Waals surface area contributed by atoms with Crippen molar-refractivity contribution in [2.75, 3.05) is 12.3 Å². The molecule has 0 aromatic heterocycles. The first-order valence-corrected chi connectivity index (χ1v) is 7.33. The van der Waals surface area contributed by atoms with Gasteiger partial charge in [-0.3, -0.25) is 4.79 Å². The smallest absolute Gasteiger partial charge is 0.230 e. The van der Waals surface area contributed by atoms with Gasteiger partial charge in [-0.2, -0.15) is 0 Å². The lowest BCUT2D eigenvalue weighted by molar-refractivity contribution is -0.118. The van der Waals surface area contributed by atoms with E-state index in [1.54, 1.807) is 17.8 Å². The lowest BCUT2D eigenvalue weighted by atomic mass is 10.0. The first-order chi connectivity index (χ1) is 8.63. The third-order valence-electron chi connectivity index (χ3n) is 2.59. The minimum absolute atomic E-state index is 0.0682. The van der Waals surface area contributed by atoms with E-state index in [1.165, 1.54) is 11.1 Å². The Hall–Kier alpha value is -1.22. The number of hydrogen-bond donors (Lipinski definition) is 1. The fraction of sp³-hybridized carbons (Fsp3) is 0.400. The maximum atomic E-state index is 11.4. The molecule has 1 amide bonds. The Morgan fingerprint density at radius 1 is 1.39 bits per heavy atom. The summed E-state index contributed by atoms with van der Waals surface area (Å²) in [4.78, 5) is 11.4. The van der Waals surface area contributed by atoms with Crippen molar-refractivity contribution in [3.8, 4) is 0 Å². The van der Waals surface area contributed by atoms with Crippen LogP contribution < -0.4 is 5.32 Å². The summed E-state index contributed by atoms with van der Waals surface area (Å²) in [5.41, 5.74) is 2.62. The van der Waals surface area contributed by atoms with Crippen molar-refractivity contribution in [2.24, 2.45) is 0 Å². The lowest BCUT2D eigenvalue weighted by Crippen LogP contribution is -2.24. The second-order valence-electron chi connectivity index (χ2n) is 4.48. The molecule has 0 radical (unpaired) electrons. The van der Waals surface area contributed by atoms with Gasteiger partial charge in [-0.15, -0.1) is 18.3 Å². The minimum atomic E-state index is 0.0682. The summed E-state index contributed by atoms with van der Waals surface area (Å²) in [5.74, 6) is 2.01. The Morgan fingerprint density at radius 2 is 2.06 bits per heavy atom. The zero-order valence-corrected chi connectivity index (χ0v) is 11.9. The Bertz CT molecular complexity index is 384. The SMILES string of the molecule is C=CCNC(=O)CSCc1ccc(C(C)C)cc1. The highest BCUT2D eigenvalue weighted by atomic mass is 32.2. The first kappa shape index (κ1) is 14.8. The monoisotopic (exact) mass is 263 g/mol. The van der Waals surface area contributed by atoms with Crippen molar-refractivity contribution in [3.05, 3.63) is 48.0 Å². The highest BCUT2D eigenvalue weighted by Gasteiger charge is 2.02. The summed E-state index contributed by atoms with van der Waals surface area (Å²) < 4.78 is 0. The number of carbonyl (C=O) groups is 1. The Kier molecular flexibility index (Phi) is 6.58. The highest BCUT2D eigenvalue weighted by Crippen LogP contribution is 2.17. The van der Waals surface area contributed by atoms with E-state index < -0.39 is 0 Å². The molecule has 0 aliphatic carbocycles. The minimum Gasteiger partial charge on any atom is -0.352 e. The second kappa shape index (κ2) is 7.98. The fourth-order valence-corrected chi connectivity index (χ4v) is 2.32. The van der Waals surface area contributed by atoms with Gasteiger partial charge in [-0.25, -0.2) is 0 Å². The average Bonchev–Trinajstić information content (AvgIpc) is 2.37. The van der Waals surface area contributed by atoms with Crippen LogP contribution in [0, 0.1) is 0 Å². The number of thioether (sulfide) groups is 1. The molecule has 1 rings (SSSR count). The fourth-order valence-electron chi connectivity index (χ4n) is 1.50. The summed E-state index contributed by atoms with van der Waals surface area (Å²) in [6, 6.07) is 8.62. The van der Waals surface area contributed by atoms with Crippen molar-refractivity contribution in [1.29, 1.82) is 0 Å². The molecule has 0 atom stereocenters. The number of amides is 1. The van der Waals surface area contributed by atoms with Gasteiger partial charge in [-0.1, -0.05) is 44.2 Å². The molecule has 0 bridgehead atoms. The summed E-state index contributed by atoms with van der Waals surface area (Å²) >= 11 is 1.63. The van der Waals surface area contributed by atoms with E-state index in [4.69, 9.17) is 0 Å². The third kappa shape index (κ3) is 5.41. The quantitative estimate of drug-likeness (QED) is 0.764. The standard InChI is InChI=1S/C15H21NOS/c1-4-9-16-15(17)11-18-10-13-5-7-14(8-6-13)12(2)3/h4-8,12H,1,9-11H2,2-3H3,(H,16,17). The molecule has 0 spiro atoms. The van der Waals surface area contributed by atoms with Crippen molar-refractivity contribution in [3.63, 3.8) is 0 Å². The number of benzene rings is 1. The molecule has 0 aliphatic rings. The van der Waals surface area contributed by atoms with Gasteiger partial charge in [0.25, 0.3) is 0 Å². The number of nitrogens with one attached hydrogen (secondary N) is 1. The number of carbonyl (C=O) groups excluding carboxylic acids is 1. The van der Waals surface area contributed by atoms with E-state index in [0.29, 0.717) is 18.2 Å². The lowest BCUT2D eigenvalue weighted by Gasteiger charge is -2.07. The van der Waals surface area contributed by atoms with Gasteiger partial charge < -0.3 is 5.32 Å². The third-order valence-corrected chi connectivity index (χ3v) is 3.60. The van der Waals surface area contributed by atoms with E-state index in [9.17, 15) is 4.79 Å². The first-order valence-electron chi connectivity index (χ1n) is 6.17. The van der Waals surface area contributed by atoms with Crippen LogP contribution in [-0.2, 0) is 10.5 Å². The predicted octanol–water partition coefficient (Wildman–Crippen LogP) is 3.35. The molecule has 98 valence electrons. The maximum Gasteiger partial charge on any atom is 0.230 e. The second-order valence-corrected chi connectivity index (χ2v) is 5.47. The van der Waals surface area contributed by atoms with Crippen LogP contribution in [0.1, 0.15) is 30.9 Å². The molecule has 3 heteroatoms. The van der Waals surface area contributed by atoms with Gasteiger partial charge in [0, 0.05) is 12.3 Å². The number of hydrogen-bond acceptors (Lipinski definition) is 2. The number of rotatable bonds is 7. The van der Waals surface area contributed by atoms with E-state index in [1.807, 2.05) is 0 Å². The molecule has 2 nitrogen and oxygen atoms in total. The zero-order chi connectivity index (χ0) is 13.4. The van der Waals surface area contributed by atoms with Crippen LogP contribution in [0.25, 0.3) is 0 Å². The maximum absolute atomic E-state index is 11.4. The zero-order valence-electron chi connectivity index (χ0n) is 11.1. The van der Waals surface area contributed by atoms with Crippen molar-refractivity contribution < 1.29 is 4.79 Å². The van der Waals surface area contributed by atoms with Gasteiger partial charge >= 0.3 is 0 Å². The normalized spacial score (nSPS) is 10.4. The van der Waals surface area contributed by atoms with E-state index >= 15 is 0 Å². The van der Waals surface area contributed by atoms with Crippen LogP contribution in [0.15, 0.2) is 36.9 Å². The summed E-state index contributed by atoms with van der Waals surface area (Å²) in [6.45, 7) is 8.48. The van der Waals surface area contributed by atoms with Crippen molar-refractivity contribution >= 4 is 17.7 Å². The van der Waals surface area contributed by atoms with Gasteiger partial charge in [0.05, 0.1) is 5.75 Å². The molecule has 1 aromatic rings. The summed E-state index contributed by atoms with van der Waals surface area (Å²) in [7, 11) is 0. The molecule has 0 saturated heterocycles. The topological polar surface area (TPSA) is 29.1 Å². The molecule has 1 aromatic carbocycles. The van der Waals surface area contributed by atoms with Gasteiger partial charge in [-0.05, 0) is 17.0 Å². The highest BCUT2D eigenvalue weighted by molar-refractivity contribution is 7.99. The Balaban J connectivity index is 2.31. The van der Waals surface area contributed by atoms with E-state index in [2.05, 4.69) is 50.0 Å². The molecule has 1 N–H and O–H groups in total. The molecular formula is C15H21NOS. The molecule has 0 heterocycles. The molecular weight excluding hydrogens is 242 g/mol. The van der Waals surface area contributed by atoms with Crippen LogP contribution in [0.3, 0.4) is 0 Å². The van der Waals surface area contributed by atoms with E-state index in [0.717, 1.165) is 5.75 Å².